The van der Waals surface area contributed by atoms with Crippen molar-refractivity contribution in [2.75, 3.05) is 13.2 Å². The molecule has 0 unspecified atom stereocenters. The molecule has 0 atom stereocenters. The summed E-state index contributed by atoms with van der Waals surface area (Å²) in [5.74, 6) is -0.134. The van der Waals surface area contributed by atoms with Gasteiger partial charge in [0, 0.05) is 11.8 Å². The van der Waals surface area contributed by atoms with E-state index >= 15 is 0 Å². The molecule has 0 fully saturated rings. The van der Waals surface area contributed by atoms with Gasteiger partial charge in [0.2, 0.25) is 0 Å². The third kappa shape index (κ3) is 4.88. The van der Waals surface area contributed by atoms with Gasteiger partial charge in [-0.3, -0.25) is 9.79 Å². The lowest BCUT2D eigenvalue weighted by Gasteiger charge is -2.06. The van der Waals surface area contributed by atoms with E-state index in [0.717, 1.165) is 5.56 Å². The predicted molar refractivity (Wildman–Crippen MR) is 80.3 cm³/mol. The summed E-state index contributed by atoms with van der Waals surface area (Å²) in [5.41, 5.74) is 1.47. The van der Waals surface area contributed by atoms with Crippen LogP contribution in [0.2, 0.25) is 0 Å². The first-order chi connectivity index (χ1) is 9.56. The molecular weight excluding hydrogens is 254 g/mol. The molecule has 1 rings (SSSR count). The Kier molecular flexibility index (Phi) is 6.50. The second kappa shape index (κ2) is 8.15. The van der Waals surface area contributed by atoms with Gasteiger partial charge in [0.15, 0.2) is 0 Å². The van der Waals surface area contributed by atoms with Crippen LogP contribution in [0.1, 0.15) is 25.0 Å². The minimum absolute atomic E-state index is 0.126. The summed E-state index contributed by atoms with van der Waals surface area (Å²) in [5, 5.41) is 10.0. The number of allylic oxidation sites excluding steroid dienone is 1. The number of esters is 1. The highest BCUT2D eigenvalue weighted by atomic mass is 16.5. The number of aromatic hydroxyl groups is 1. The van der Waals surface area contributed by atoms with Crippen molar-refractivity contribution in [1.29, 1.82) is 0 Å². The van der Waals surface area contributed by atoms with Crippen molar-refractivity contribution in [2.24, 2.45) is 10.9 Å². The van der Waals surface area contributed by atoms with E-state index in [9.17, 15) is 9.90 Å². The molecule has 0 aromatic heterocycles. The minimum Gasteiger partial charge on any atom is -0.507 e. The molecule has 108 valence electrons. The van der Waals surface area contributed by atoms with Crippen LogP contribution in [-0.4, -0.2) is 30.4 Å². The van der Waals surface area contributed by atoms with Crippen LogP contribution < -0.4 is 0 Å². The van der Waals surface area contributed by atoms with Crippen LogP contribution in [0.5, 0.6) is 5.75 Å². The molecule has 0 saturated heterocycles. The fourth-order valence-electron chi connectivity index (χ4n) is 1.56. The highest BCUT2D eigenvalue weighted by Crippen LogP contribution is 2.21. The number of nitrogens with zero attached hydrogens (tertiary/aromatic N) is 1. The molecule has 4 heteroatoms. The van der Waals surface area contributed by atoms with Crippen molar-refractivity contribution in [3.63, 3.8) is 0 Å². The second-order valence-electron chi connectivity index (χ2n) is 4.71. The van der Waals surface area contributed by atoms with Gasteiger partial charge in [-0.2, -0.15) is 0 Å². The largest absolute Gasteiger partial charge is 0.507 e. The predicted octanol–water partition coefficient (Wildman–Crippen LogP) is 2.74. The first kappa shape index (κ1) is 16.0. The zero-order chi connectivity index (χ0) is 15.0. The molecule has 4 nitrogen and oxygen atoms in total. The Morgan fingerprint density at radius 2 is 2.25 bits per heavy atom. The molecule has 0 aliphatic rings. The molecule has 1 aromatic rings. The van der Waals surface area contributed by atoms with Gasteiger partial charge < -0.3 is 9.84 Å². The minimum atomic E-state index is -0.226. The van der Waals surface area contributed by atoms with Crippen molar-refractivity contribution in [1.82, 2.24) is 0 Å². The monoisotopic (exact) mass is 275 g/mol. The number of hydrogen-bond donors (Lipinski definition) is 1. The smallest absolute Gasteiger partial charge is 0.308 e. The quantitative estimate of drug-likeness (QED) is 0.360. The Morgan fingerprint density at radius 3 is 2.90 bits per heavy atom. The number of aliphatic imine (C=N–C) groups is 1. The van der Waals surface area contributed by atoms with E-state index in [1.165, 1.54) is 0 Å². The van der Waals surface area contributed by atoms with E-state index in [-0.39, 0.29) is 24.2 Å². The second-order valence-corrected chi connectivity index (χ2v) is 4.71. The summed E-state index contributed by atoms with van der Waals surface area (Å²) >= 11 is 0. The Balaban J connectivity index is 2.52. The van der Waals surface area contributed by atoms with E-state index in [1.54, 1.807) is 32.2 Å². The van der Waals surface area contributed by atoms with Gasteiger partial charge in [0.05, 0.1) is 12.5 Å². The molecule has 0 aliphatic heterocycles. The van der Waals surface area contributed by atoms with Gasteiger partial charge in [-0.25, -0.2) is 0 Å². The molecule has 0 radical (unpaired) electrons. The zero-order valence-corrected chi connectivity index (χ0v) is 12.0. The first-order valence-corrected chi connectivity index (χ1v) is 6.64. The lowest BCUT2D eigenvalue weighted by molar-refractivity contribution is -0.146. The van der Waals surface area contributed by atoms with Gasteiger partial charge >= 0.3 is 5.97 Å². The summed E-state index contributed by atoms with van der Waals surface area (Å²) < 4.78 is 5.01. The van der Waals surface area contributed by atoms with Crippen molar-refractivity contribution in [2.45, 2.75) is 20.3 Å². The number of benzene rings is 1. The molecule has 20 heavy (non-hydrogen) atoms. The summed E-state index contributed by atoms with van der Waals surface area (Å²) in [6.45, 7) is 7.85. The molecule has 1 N–H and O–H groups in total. The van der Waals surface area contributed by atoms with Gasteiger partial charge in [-0.15, -0.1) is 6.58 Å². The van der Waals surface area contributed by atoms with Crippen LogP contribution >= 0.6 is 0 Å². The standard InChI is InChI=1S/C16H21NO3/c1-4-6-13-7-5-8-14(15(13)18)11-17-9-10-20-16(19)12(2)3/h4-5,7-8,11-12,18H,1,6,9-10H2,2-3H3. The fraction of sp³-hybridized carbons (Fsp3) is 0.375. The SMILES string of the molecule is C=CCc1cccc(C=NCCOC(=O)C(C)C)c1O. The maximum atomic E-state index is 11.2. The van der Waals surface area contributed by atoms with Crippen molar-refractivity contribution in [3.8, 4) is 5.75 Å². The fourth-order valence-corrected chi connectivity index (χ4v) is 1.56. The van der Waals surface area contributed by atoms with E-state index < -0.39 is 0 Å². The van der Waals surface area contributed by atoms with Crippen LogP contribution in [0.25, 0.3) is 0 Å². The summed E-state index contributed by atoms with van der Waals surface area (Å²) in [7, 11) is 0. The van der Waals surface area contributed by atoms with Crippen molar-refractivity contribution < 1.29 is 14.6 Å². The number of phenolic OH excluding ortho intramolecular Hbond substituents is 1. The normalized spacial score (nSPS) is 10.9. The number of rotatable bonds is 7. The number of hydrogen-bond acceptors (Lipinski definition) is 4. The molecule has 0 heterocycles. The molecule has 0 aliphatic carbocycles. The van der Waals surface area contributed by atoms with Gasteiger partial charge in [0.1, 0.15) is 12.4 Å². The van der Waals surface area contributed by atoms with Gasteiger partial charge in [-0.05, 0) is 18.1 Å². The van der Waals surface area contributed by atoms with E-state index in [4.69, 9.17) is 4.74 Å². The Morgan fingerprint density at radius 1 is 1.50 bits per heavy atom. The third-order valence-electron chi connectivity index (χ3n) is 2.68. The summed E-state index contributed by atoms with van der Waals surface area (Å²) in [6.07, 6.45) is 3.94. The summed E-state index contributed by atoms with van der Waals surface area (Å²) in [6, 6.07) is 5.49. The zero-order valence-electron chi connectivity index (χ0n) is 12.0. The van der Waals surface area contributed by atoms with Crippen LogP contribution in [0.15, 0.2) is 35.8 Å². The van der Waals surface area contributed by atoms with Crippen molar-refractivity contribution >= 4 is 12.2 Å². The number of phenols is 1. The van der Waals surface area contributed by atoms with Crippen LogP contribution in [0.4, 0.5) is 0 Å². The van der Waals surface area contributed by atoms with E-state index in [0.29, 0.717) is 18.5 Å². The molecule has 0 bridgehead atoms. The molecule has 0 spiro atoms. The lowest BCUT2D eigenvalue weighted by Crippen LogP contribution is -2.13. The Labute approximate surface area is 119 Å². The van der Waals surface area contributed by atoms with Gasteiger partial charge in [0.25, 0.3) is 0 Å². The number of carbonyl (C=O) groups is 1. The number of ether oxygens (including phenoxy) is 1. The molecule has 0 amide bonds. The van der Waals surface area contributed by atoms with Crippen LogP contribution in [0.3, 0.4) is 0 Å². The average Bonchev–Trinajstić information content (AvgIpc) is 2.42. The number of carbonyl (C=O) groups excluding carboxylic acids is 1. The average molecular weight is 275 g/mol. The maximum Gasteiger partial charge on any atom is 0.308 e. The lowest BCUT2D eigenvalue weighted by atomic mass is 10.1. The Hall–Kier alpha value is -2.10. The van der Waals surface area contributed by atoms with Crippen LogP contribution in [0, 0.1) is 5.92 Å². The summed E-state index contributed by atoms with van der Waals surface area (Å²) in [4.78, 5) is 15.4. The van der Waals surface area contributed by atoms with Crippen molar-refractivity contribution in [3.05, 3.63) is 42.0 Å². The molecule has 1 aromatic carbocycles. The molecule has 0 saturated carbocycles. The van der Waals surface area contributed by atoms with E-state index in [1.807, 2.05) is 12.1 Å². The topological polar surface area (TPSA) is 58.9 Å². The highest BCUT2D eigenvalue weighted by molar-refractivity contribution is 5.84. The van der Waals surface area contributed by atoms with Gasteiger partial charge in [-0.1, -0.05) is 32.1 Å². The first-order valence-electron chi connectivity index (χ1n) is 6.64. The third-order valence-corrected chi connectivity index (χ3v) is 2.68. The highest BCUT2D eigenvalue weighted by Gasteiger charge is 2.07. The maximum absolute atomic E-state index is 11.2. The van der Waals surface area contributed by atoms with E-state index in [2.05, 4.69) is 11.6 Å². The number of para-hydroxylation sites is 1. The Bertz CT molecular complexity index is 492. The molecular formula is C16H21NO3. The van der Waals surface area contributed by atoms with Crippen LogP contribution in [-0.2, 0) is 16.0 Å².